The van der Waals surface area contributed by atoms with Gasteiger partial charge in [0, 0.05) is 0 Å². The summed E-state index contributed by atoms with van der Waals surface area (Å²) >= 11 is 0. The van der Waals surface area contributed by atoms with E-state index < -0.39 is 24.5 Å². The highest BCUT2D eigenvalue weighted by Crippen LogP contribution is 1.90. The minimum atomic E-state index is -1.79. The van der Waals surface area contributed by atoms with Crippen LogP contribution in [0.5, 0.6) is 0 Å². The molecule has 1 atom stereocenters. The van der Waals surface area contributed by atoms with Gasteiger partial charge in [0.2, 0.25) is 0 Å². The van der Waals surface area contributed by atoms with Crippen molar-refractivity contribution in [2.24, 2.45) is 0 Å². The zero-order valence-corrected chi connectivity index (χ0v) is 8.57. The van der Waals surface area contributed by atoms with Gasteiger partial charge in [-0.15, -0.1) is 0 Å². The van der Waals surface area contributed by atoms with Crippen LogP contribution in [-0.4, -0.2) is 44.9 Å². The Kier molecular flexibility index (Phi) is 6.12. The third-order valence-electron chi connectivity index (χ3n) is 1.48. The molecule has 0 saturated carbocycles. The van der Waals surface area contributed by atoms with Crippen LogP contribution in [0.3, 0.4) is 0 Å². The van der Waals surface area contributed by atoms with E-state index in [4.69, 9.17) is 15.3 Å². The summed E-state index contributed by atoms with van der Waals surface area (Å²) < 4.78 is 0. The Morgan fingerprint density at radius 2 is 1.35 bits per heavy atom. The summed E-state index contributed by atoms with van der Waals surface area (Å²) in [6.45, 7) is 0. The molecule has 92 valence electrons. The summed E-state index contributed by atoms with van der Waals surface area (Å²) in [6, 6.07) is 0. The van der Waals surface area contributed by atoms with Gasteiger partial charge in [-0.2, -0.15) is 0 Å². The van der Waals surface area contributed by atoms with Gasteiger partial charge in [0.25, 0.3) is 0 Å². The Labute approximate surface area is 95.7 Å². The fraction of sp³-hybridized carbons (Fsp3) is 0.200. The summed E-state index contributed by atoms with van der Waals surface area (Å²) in [5.41, 5.74) is 0. The second kappa shape index (κ2) is 7.07. The van der Waals surface area contributed by atoms with Crippen LogP contribution in [0.15, 0.2) is 24.3 Å². The standard InChI is InChI=1S/C6H4O2.C4H6O5/c7-5-1-2-6(8)4-3-5;5-2(4(8)9)1-3(6)7/h1-4H;2,5H,1H2,(H,6,7)(H,8,9). The Morgan fingerprint density at radius 1 is 1.00 bits per heavy atom. The molecule has 1 rings (SSSR count). The first-order valence-corrected chi connectivity index (χ1v) is 4.39. The molecule has 0 amide bonds. The fourth-order valence-corrected chi connectivity index (χ4v) is 0.692. The quantitative estimate of drug-likeness (QED) is 0.550. The monoisotopic (exact) mass is 242 g/mol. The van der Waals surface area contributed by atoms with Crippen molar-refractivity contribution in [3.05, 3.63) is 24.3 Å². The molecule has 1 aliphatic carbocycles. The number of allylic oxidation sites excluding steroid dienone is 4. The molecule has 0 spiro atoms. The molecule has 1 aliphatic rings. The molecule has 1 unspecified atom stereocenters. The molecular formula is C10H10O7. The van der Waals surface area contributed by atoms with Crippen molar-refractivity contribution in [3.8, 4) is 0 Å². The number of aliphatic carboxylic acids is 2. The highest BCUT2D eigenvalue weighted by molar-refractivity contribution is 6.14. The lowest BCUT2D eigenvalue weighted by Crippen LogP contribution is -2.22. The van der Waals surface area contributed by atoms with E-state index in [1.807, 2.05) is 0 Å². The number of carbonyl (C=O) groups excluding carboxylic acids is 2. The maximum atomic E-state index is 10.3. The molecule has 0 fully saturated rings. The van der Waals surface area contributed by atoms with Gasteiger partial charge >= 0.3 is 11.9 Å². The number of hydrogen-bond donors (Lipinski definition) is 3. The lowest BCUT2D eigenvalue weighted by Gasteiger charge is -1.97. The van der Waals surface area contributed by atoms with Crippen molar-refractivity contribution in [1.29, 1.82) is 0 Å². The Bertz CT molecular complexity index is 353. The van der Waals surface area contributed by atoms with Crippen molar-refractivity contribution in [2.75, 3.05) is 0 Å². The van der Waals surface area contributed by atoms with Crippen LogP contribution in [0.2, 0.25) is 0 Å². The van der Waals surface area contributed by atoms with Gasteiger partial charge in [-0.3, -0.25) is 14.4 Å². The van der Waals surface area contributed by atoms with Gasteiger partial charge < -0.3 is 15.3 Å². The number of carboxylic acids is 2. The number of aliphatic hydroxyl groups is 1. The predicted molar refractivity (Wildman–Crippen MR) is 54.2 cm³/mol. The second-order valence-electron chi connectivity index (χ2n) is 2.92. The molecule has 0 aromatic heterocycles. The van der Waals surface area contributed by atoms with E-state index in [1.165, 1.54) is 24.3 Å². The smallest absolute Gasteiger partial charge is 0.333 e. The molecule has 0 aliphatic heterocycles. The van der Waals surface area contributed by atoms with Gasteiger partial charge in [-0.25, -0.2) is 4.79 Å². The summed E-state index contributed by atoms with van der Waals surface area (Å²) in [5, 5.41) is 24.1. The molecular weight excluding hydrogens is 232 g/mol. The Balaban J connectivity index is 0.000000302. The third-order valence-corrected chi connectivity index (χ3v) is 1.48. The van der Waals surface area contributed by atoms with E-state index in [1.54, 1.807) is 0 Å². The first kappa shape index (κ1) is 14.7. The first-order chi connectivity index (χ1) is 7.82. The molecule has 3 N–H and O–H groups in total. The zero-order valence-electron chi connectivity index (χ0n) is 8.57. The average molecular weight is 242 g/mol. The molecule has 0 radical (unpaired) electrons. The fourth-order valence-electron chi connectivity index (χ4n) is 0.692. The molecule has 0 saturated heterocycles. The van der Waals surface area contributed by atoms with E-state index in [-0.39, 0.29) is 11.6 Å². The molecule has 0 heterocycles. The van der Waals surface area contributed by atoms with Crippen molar-refractivity contribution in [1.82, 2.24) is 0 Å². The largest absolute Gasteiger partial charge is 0.481 e. The van der Waals surface area contributed by atoms with E-state index in [9.17, 15) is 19.2 Å². The van der Waals surface area contributed by atoms with Crippen LogP contribution in [0.4, 0.5) is 0 Å². The highest BCUT2D eigenvalue weighted by atomic mass is 16.4. The maximum Gasteiger partial charge on any atom is 0.333 e. The summed E-state index contributed by atoms with van der Waals surface area (Å²) in [4.78, 5) is 40.0. The van der Waals surface area contributed by atoms with Crippen LogP contribution < -0.4 is 0 Å². The zero-order chi connectivity index (χ0) is 13.4. The third kappa shape index (κ3) is 7.63. The molecule has 0 aromatic carbocycles. The lowest BCUT2D eigenvalue weighted by atomic mass is 10.2. The van der Waals surface area contributed by atoms with Gasteiger partial charge in [0.1, 0.15) is 0 Å². The topological polar surface area (TPSA) is 129 Å². The summed E-state index contributed by atoms with van der Waals surface area (Å²) in [5.74, 6) is -3.09. The molecule has 0 aromatic rings. The minimum absolute atomic E-state index is 0.121. The number of rotatable bonds is 3. The van der Waals surface area contributed by atoms with Gasteiger partial charge in [-0.05, 0) is 24.3 Å². The highest BCUT2D eigenvalue weighted by Gasteiger charge is 2.16. The van der Waals surface area contributed by atoms with E-state index in [0.717, 1.165) is 0 Å². The van der Waals surface area contributed by atoms with Crippen LogP contribution in [0.25, 0.3) is 0 Å². The number of aliphatic hydroxyl groups excluding tert-OH is 1. The SMILES string of the molecule is O=C(O)CC(O)C(=O)O.O=C1C=CC(=O)C=C1. The van der Waals surface area contributed by atoms with Crippen LogP contribution in [0.1, 0.15) is 6.42 Å². The average Bonchev–Trinajstić information content (AvgIpc) is 2.22. The molecule has 7 heteroatoms. The van der Waals surface area contributed by atoms with E-state index >= 15 is 0 Å². The van der Waals surface area contributed by atoms with Crippen molar-refractivity contribution in [3.63, 3.8) is 0 Å². The number of hydrogen-bond acceptors (Lipinski definition) is 5. The first-order valence-electron chi connectivity index (χ1n) is 4.39. The number of carbonyl (C=O) groups is 4. The number of ketones is 2. The second-order valence-corrected chi connectivity index (χ2v) is 2.92. The summed E-state index contributed by atoms with van der Waals surface area (Å²) in [7, 11) is 0. The van der Waals surface area contributed by atoms with Crippen LogP contribution in [-0.2, 0) is 19.2 Å². The van der Waals surface area contributed by atoms with Crippen LogP contribution in [0, 0.1) is 0 Å². The molecule has 17 heavy (non-hydrogen) atoms. The molecule has 0 bridgehead atoms. The predicted octanol–water partition coefficient (Wildman–Crippen LogP) is -0.843. The van der Waals surface area contributed by atoms with Crippen LogP contribution >= 0.6 is 0 Å². The van der Waals surface area contributed by atoms with Gasteiger partial charge in [0.15, 0.2) is 17.7 Å². The van der Waals surface area contributed by atoms with Crippen molar-refractivity contribution < 1.29 is 34.5 Å². The maximum absolute atomic E-state index is 10.3. The Morgan fingerprint density at radius 3 is 1.53 bits per heavy atom. The normalized spacial score (nSPS) is 14.9. The van der Waals surface area contributed by atoms with Gasteiger partial charge in [-0.1, -0.05) is 0 Å². The van der Waals surface area contributed by atoms with E-state index in [0.29, 0.717) is 0 Å². The van der Waals surface area contributed by atoms with Gasteiger partial charge in [0.05, 0.1) is 6.42 Å². The van der Waals surface area contributed by atoms with Crippen molar-refractivity contribution >= 4 is 23.5 Å². The molecule has 7 nitrogen and oxygen atoms in total. The minimum Gasteiger partial charge on any atom is -0.481 e. The lowest BCUT2D eigenvalue weighted by molar-refractivity contribution is -0.152. The number of carboxylic acid groups (broad SMARTS) is 2. The Hall–Kier alpha value is -2.28. The summed E-state index contributed by atoms with van der Waals surface area (Å²) in [6.07, 6.45) is 2.47. The van der Waals surface area contributed by atoms with E-state index in [2.05, 4.69) is 0 Å². The van der Waals surface area contributed by atoms with Crippen molar-refractivity contribution in [2.45, 2.75) is 12.5 Å².